The van der Waals surface area contributed by atoms with E-state index in [0.29, 0.717) is 17.8 Å². The van der Waals surface area contributed by atoms with Crippen LogP contribution in [0.1, 0.15) is 17.3 Å². The molecule has 4 rings (SSSR count). The molecule has 0 saturated carbocycles. The Bertz CT molecular complexity index is 1090. The van der Waals surface area contributed by atoms with E-state index >= 15 is 0 Å². The Kier molecular flexibility index (Phi) is 3.02. The van der Waals surface area contributed by atoms with Gasteiger partial charge in [-0.1, -0.05) is 6.07 Å². The van der Waals surface area contributed by atoms with Crippen molar-refractivity contribution in [3.63, 3.8) is 0 Å². The summed E-state index contributed by atoms with van der Waals surface area (Å²) in [6.45, 7) is 2.71. The molecule has 0 radical (unpaired) electrons. The molecule has 0 aliphatic rings. The Labute approximate surface area is 137 Å². The van der Waals surface area contributed by atoms with Crippen LogP contribution in [0.3, 0.4) is 0 Å². The van der Waals surface area contributed by atoms with Gasteiger partial charge in [0.05, 0.1) is 5.56 Å². The molecule has 0 aliphatic heterocycles. The van der Waals surface area contributed by atoms with Gasteiger partial charge in [0, 0.05) is 29.8 Å². The lowest BCUT2D eigenvalue weighted by Crippen LogP contribution is -1.94. The Morgan fingerprint density at radius 1 is 1.25 bits per heavy atom. The Balaban J connectivity index is 1.92. The summed E-state index contributed by atoms with van der Waals surface area (Å²) in [6, 6.07) is 9.60. The third-order valence-corrected chi connectivity index (χ3v) is 4.14. The molecule has 7 nitrogen and oxygen atoms in total. The number of anilines is 1. The van der Waals surface area contributed by atoms with Crippen molar-refractivity contribution in [2.75, 3.05) is 5.73 Å². The van der Waals surface area contributed by atoms with Crippen molar-refractivity contribution in [2.24, 2.45) is 0 Å². The van der Waals surface area contributed by atoms with E-state index in [9.17, 15) is 9.90 Å². The third kappa shape index (κ3) is 2.10. The van der Waals surface area contributed by atoms with Crippen LogP contribution in [0.4, 0.5) is 5.95 Å². The Morgan fingerprint density at radius 3 is 2.79 bits per heavy atom. The summed E-state index contributed by atoms with van der Waals surface area (Å²) < 4.78 is 3.54. The van der Waals surface area contributed by atoms with Gasteiger partial charge in [0.2, 0.25) is 5.95 Å². The summed E-state index contributed by atoms with van der Waals surface area (Å²) in [6.07, 6.45) is 3.47. The van der Waals surface area contributed by atoms with Crippen molar-refractivity contribution >= 4 is 28.5 Å². The van der Waals surface area contributed by atoms with E-state index in [1.165, 1.54) is 0 Å². The third-order valence-electron chi connectivity index (χ3n) is 4.14. The number of hydrogen-bond donors (Lipinski definition) is 2. The fourth-order valence-electron chi connectivity index (χ4n) is 2.99. The largest absolute Gasteiger partial charge is 0.478 e. The smallest absolute Gasteiger partial charge is 0.337 e. The van der Waals surface area contributed by atoms with Gasteiger partial charge in [0.1, 0.15) is 0 Å². The van der Waals surface area contributed by atoms with Crippen LogP contribution in [-0.2, 0) is 6.54 Å². The summed E-state index contributed by atoms with van der Waals surface area (Å²) in [5, 5.41) is 14.2. The number of carboxylic acids is 1. The first-order chi connectivity index (χ1) is 11.6. The lowest BCUT2D eigenvalue weighted by molar-refractivity contribution is 0.0699. The predicted octanol–water partition coefficient (Wildman–Crippen LogP) is 2.65. The van der Waals surface area contributed by atoms with Crippen LogP contribution in [0, 0.1) is 0 Å². The van der Waals surface area contributed by atoms with E-state index in [2.05, 4.69) is 10.1 Å². The molecule has 1 aromatic carbocycles. The standard InChI is InChI=1S/C17H15N5O2/c1-2-21-9-13(16(23)24)12-7-10(3-4-14(12)21)11-5-6-22-15(8-11)19-17(18)20-22/h3-9H,2H2,1H3,(H2,18,20)(H,23,24). The molecule has 0 aliphatic carbocycles. The number of carbonyl (C=O) groups is 1. The average Bonchev–Trinajstić information content (AvgIpc) is 3.12. The topological polar surface area (TPSA) is 98.4 Å². The van der Waals surface area contributed by atoms with Gasteiger partial charge in [-0.05, 0) is 42.3 Å². The van der Waals surface area contributed by atoms with Gasteiger partial charge in [-0.2, -0.15) is 4.98 Å². The minimum atomic E-state index is -0.926. The molecule has 0 saturated heterocycles. The second-order valence-corrected chi connectivity index (χ2v) is 5.55. The Morgan fingerprint density at radius 2 is 2.04 bits per heavy atom. The zero-order chi connectivity index (χ0) is 16.8. The molecule has 0 spiro atoms. The summed E-state index contributed by atoms with van der Waals surface area (Å²) in [5.41, 5.74) is 9.32. The number of fused-ring (bicyclic) bond motifs is 2. The highest BCUT2D eigenvalue weighted by molar-refractivity contribution is 6.04. The number of rotatable bonds is 3. The van der Waals surface area contributed by atoms with E-state index in [1.54, 1.807) is 16.9 Å². The molecule has 3 heterocycles. The summed E-state index contributed by atoms with van der Waals surface area (Å²) in [4.78, 5) is 15.7. The summed E-state index contributed by atoms with van der Waals surface area (Å²) >= 11 is 0. The number of aromatic carboxylic acids is 1. The molecular weight excluding hydrogens is 306 g/mol. The van der Waals surface area contributed by atoms with Gasteiger partial charge in [-0.25, -0.2) is 9.31 Å². The van der Waals surface area contributed by atoms with Gasteiger partial charge in [0.25, 0.3) is 0 Å². The van der Waals surface area contributed by atoms with Crippen molar-refractivity contribution in [2.45, 2.75) is 13.5 Å². The molecule has 7 heteroatoms. The van der Waals surface area contributed by atoms with Crippen LogP contribution in [0.25, 0.3) is 27.7 Å². The van der Waals surface area contributed by atoms with Crippen molar-refractivity contribution in [3.05, 3.63) is 48.3 Å². The molecule has 0 unspecified atom stereocenters. The number of carboxylic acid groups (broad SMARTS) is 1. The van der Waals surface area contributed by atoms with Crippen molar-refractivity contribution in [1.29, 1.82) is 0 Å². The maximum atomic E-state index is 11.5. The van der Waals surface area contributed by atoms with E-state index in [1.807, 2.05) is 41.8 Å². The van der Waals surface area contributed by atoms with Crippen LogP contribution in [0.5, 0.6) is 0 Å². The number of benzene rings is 1. The minimum Gasteiger partial charge on any atom is -0.478 e. The number of nitrogens with zero attached hydrogens (tertiary/aromatic N) is 4. The maximum Gasteiger partial charge on any atom is 0.337 e. The van der Waals surface area contributed by atoms with Crippen molar-refractivity contribution in [1.82, 2.24) is 19.2 Å². The van der Waals surface area contributed by atoms with Crippen LogP contribution < -0.4 is 5.73 Å². The fourth-order valence-corrected chi connectivity index (χ4v) is 2.99. The molecule has 3 aromatic heterocycles. The van der Waals surface area contributed by atoms with Crippen molar-refractivity contribution < 1.29 is 9.90 Å². The highest BCUT2D eigenvalue weighted by Crippen LogP contribution is 2.28. The van der Waals surface area contributed by atoms with Crippen molar-refractivity contribution in [3.8, 4) is 11.1 Å². The van der Waals surface area contributed by atoms with Gasteiger partial charge < -0.3 is 15.4 Å². The van der Waals surface area contributed by atoms with E-state index in [0.717, 1.165) is 22.0 Å². The average molecular weight is 321 g/mol. The van der Waals surface area contributed by atoms with E-state index < -0.39 is 5.97 Å². The normalized spacial score (nSPS) is 11.4. The molecule has 120 valence electrons. The first kappa shape index (κ1) is 14.3. The van der Waals surface area contributed by atoms with Gasteiger partial charge in [0.15, 0.2) is 5.65 Å². The number of aryl methyl sites for hydroxylation is 1. The first-order valence-corrected chi connectivity index (χ1v) is 7.55. The maximum absolute atomic E-state index is 11.5. The molecule has 4 aromatic rings. The quantitative estimate of drug-likeness (QED) is 0.604. The molecule has 0 bridgehead atoms. The van der Waals surface area contributed by atoms with Gasteiger partial charge in [-0.15, -0.1) is 5.10 Å². The summed E-state index contributed by atoms with van der Waals surface area (Å²) in [5.74, 6) is -0.708. The number of pyridine rings is 1. The molecule has 0 amide bonds. The zero-order valence-corrected chi connectivity index (χ0v) is 13.0. The number of aromatic nitrogens is 4. The molecule has 24 heavy (non-hydrogen) atoms. The first-order valence-electron chi connectivity index (χ1n) is 7.55. The predicted molar refractivity (Wildman–Crippen MR) is 91.0 cm³/mol. The number of hydrogen-bond acceptors (Lipinski definition) is 4. The van der Waals surface area contributed by atoms with E-state index in [-0.39, 0.29) is 5.95 Å². The lowest BCUT2D eigenvalue weighted by atomic mass is 10.0. The van der Waals surface area contributed by atoms with Gasteiger partial charge >= 0.3 is 5.97 Å². The fraction of sp³-hybridized carbons (Fsp3) is 0.118. The van der Waals surface area contributed by atoms with Crippen LogP contribution in [-0.4, -0.2) is 30.2 Å². The molecule has 0 atom stereocenters. The molecular formula is C17H15N5O2. The number of nitrogens with two attached hydrogens (primary N) is 1. The lowest BCUT2D eigenvalue weighted by Gasteiger charge is -2.05. The Hall–Kier alpha value is -3.35. The number of nitrogen functional groups attached to an aromatic ring is 1. The van der Waals surface area contributed by atoms with E-state index in [4.69, 9.17) is 5.73 Å². The minimum absolute atomic E-state index is 0.218. The monoisotopic (exact) mass is 321 g/mol. The highest BCUT2D eigenvalue weighted by atomic mass is 16.4. The van der Waals surface area contributed by atoms with Crippen LogP contribution in [0.2, 0.25) is 0 Å². The molecule has 3 N–H and O–H groups in total. The molecule has 0 fully saturated rings. The van der Waals surface area contributed by atoms with Crippen LogP contribution in [0.15, 0.2) is 42.7 Å². The zero-order valence-electron chi connectivity index (χ0n) is 13.0. The van der Waals surface area contributed by atoms with Gasteiger partial charge in [-0.3, -0.25) is 0 Å². The van der Waals surface area contributed by atoms with Crippen LogP contribution >= 0.6 is 0 Å². The SMILES string of the molecule is CCn1cc(C(=O)O)c2cc(-c3ccn4nc(N)nc4c3)ccc21. The second kappa shape index (κ2) is 5.09. The highest BCUT2D eigenvalue weighted by Gasteiger charge is 2.14. The second-order valence-electron chi connectivity index (χ2n) is 5.55. The summed E-state index contributed by atoms with van der Waals surface area (Å²) in [7, 11) is 0.